The number of imidazole rings is 1. The van der Waals surface area contributed by atoms with Crippen molar-refractivity contribution in [2.75, 3.05) is 20.8 Å². The zero-order valence-electron chi connectivity index (χ0n) is 19.7. The maximum Gasteiger partial charge on any atom is 0.237 e. The molecule has 10 heteroatoms. The Hall–Kier alpha value is -3.43. The van der Waals surface area contributed by atoms with E-state index in [-0.39, 0.29) is 11.5 Å². The minimum atomic E-state index is -0.199. The van der Waals surface area contributed by atoms with Gasteiger partial charge in [0.05, 0.1) is 36.8 Å². The highest BCUT2D eigenvalue weighted by molar-refractivity contribution is 6.31. The van der Waals surface area contributed by atoms with Gasteiger partial charge in [-0.25, -0.2) is 9.98 Å². The lowest BCUT2D eigenvalue weighted by Crippen LogP contribution is -2.32. The van der Waals surface area contributed by atoms with Gasteiger partial charge in [-0.2, -0.15) is 0 Å². The fourth-order valence-corrected chi connectivity index (χ4v) is 5.15. The number of ether oxygens (including phenoxy) is 3. The number of methoxy groups -OCH3 is 2. The van der Waals surface area contributed by atoms with E-state index in [9.17, 15) is 0 Å². The monoisotopic (exact) mass is 492 g/mol. The van der Waals surface area contributed by atoms with Gasteiger partial charge in [-0.3, -0.25) is 4.57 Å². The van der Waals surface area contributed by atoms with E-state index < -0.39 is 0 Å². The molecule has 180 valence electrons. The Labute approximate surface area is 207 Å². The molecule has 0 bridgehead atoms. The van der Waals surface area contributed by atoms with Gasteiger partial charge in [0, 0.05) is 29.5 Å². The van der Waals surface area contributed by atoms with Crippen LogP contribution in [0.4, 0.5) is 0 Å². The maximum atomic E-state index is 6.36. The van der Waals surface area contributed by atoms with Gasteiger partial charge in [0.2, 0.25) is 5.90 Å². The molecule has 4 heterocycles. The SMILES string of the molecule is COCc1nnc2n1Cc1c(C3=N[C@@H](C4(C)C=CC=C(OC)C4)CO3)ncn1-c1ccc(Cl)cc1-2. The summed E-state index contributed by atoms with van der Waals surface area (Å²) in [5, 5.41) is 9.45. The summed E-state index contributed by atoms with van der Waals surface area (Å²) in [6, 6.07) is 5.69. The zero-order valence-corrected chi connectivity index (χ0v) is 20.5. The summed E-state index contributed by atoms with van der Waals surface area (Å²) >= 11 is 6.36. The summed E-state index contributed by atoms with van der Waals surface area (Å²) in [6.45, 7) is 3.50. The number of hydrogen-bond acceptors (Lipinski definition) is 7. The average Bonchev–Trinajstić information content (AvgIpc) is 3.58. The van der Waals surface area contributed by atoms with Crippen LogP contribution < -0.4 is 0 Å². The Morgan fingerprint density at radius 1 is 1.26 bits per heavy atom. The topological polar surface area (TPSA) is 88.6 Å². The molecule has 2 aromatic heterocycles. The van der Waals surface area contributed by atoms with Crippen molar-refractivity contribution >= 4 is 17.5 Å². The molecule has 0 saturated heterocycles. The second-order valence-corrected chi connectivity index (χ2v) is 9.61. The van der Waals surface area contributed by atoms with Gasteiger partial charge in [-0.15, -0.1) is 10.2 Å². The van der Waals surface area contributed by atoms with Crippen LogP contribution >= 0.6 is 11.6 Å². The number of aromatic nitrogens is 5. The largest absolute Gasteiger partial charge is 0.501 e. The summed E-state index contributed by atoms with van der Waals surface area (Å²) in [6.07, 6.45) is 8.79. The second kappa shape index (κ2) is 8.35. The van der Waals surface area contributed by atoms with Gasteiger partial charge in [-0.1, -0.05) is 30.7 Å². The van der Waals surface area contributed by atoms with E-state index in [0.717, 1.165) is 40.8 Å². The molecule has 3 aromatic rings. The van der Waals surface area contributed by atoms with Gasteiger partial charge in [-0.05, 0) is 24.3 Å². The van der Waals surface area contributed by atoms with Crippen LogP contribution in [0.5, 0.6) is 0 Å². The lowest BCUT2D eigenvalue weighted by atomic mass is 9.77. The van der Waals surface area contributed by atoms with Crippen molar-refractivity contribution in [2.24, 2.45) is 10.4 Å². The molecular weight excluding hydrogens is 468 g/mol. The first-order valence-electron chi connectivity index (χ1n) is 11.4. The minimum absolute atomic E-state index is 0.0451. The predicted molar refractivity (Wildman–Crippen MR) is 131 cm³/mol. The number of rotatable bonds is 5. The Morgan fingerprint density at radius 3 is 2.97 bits per heavy atom. The highest BCUT2D eigenvalue weighted by atomic mass is 35.5. The Kier molecular flexibility index (Phi) is 5.26. The van der Waals surface area contributed by atoms with E-state index in [4.69, 9.17) is 35.8 Å². The molecule has 0 N–H and O–H groups in total. The van der Waals surface area contributed by atoms with E-state index in [2.05, 4.69) is 27.8 Å². The average molecular weight is 493 g/mol. The third kappa shape index (κ3) is 3.57. The van der Waals surface area contributed by atoms with Crippen molar-refractivity contribution in [3.05, 3.63) is 70.7 Å². The number of hydrogen-bond donors (Lipinski definition) is 0. The summed E-state index contributed by atoms with van der Waals surface area (Å²) in [7, 11) is 3.35. The lowest BCUT2D eigenvalue weighted by molar-refractivity contribution is 0.174. The van der Waals surface area contributed by atoms with Crippen LogP contribution in [-0.4, -0.2) is 57.1 Å². The molecule has 6 rings (SSSR count). The predicted octanol–water partition coefficient (Wildman–Crippen LogP) is 3.93. The van der Waals surface area contributed by atoms with Crippen LogP contribution in [0.25, 0.3) is 17.1 Å². The molecule has 0 spiro atoms. The highest BCUT2D eigenvalue weighted by Gasteiger charge is 2.40. The minimum Gasteiger partial charge on any atom is -0.501 e. The van der Waals surface area contributed by atoms with Gasteiger partial charge < -0.3 is 18.8 Å². The molecule has 9 nitrogen and oxygen atoms in total. The molecule has 0 saturated carbocycles. The quantitative estimate of drug-likeness (QED) is 0.419. The zero-order chi connectivity index (χ0) is 24.2. The van der Waals surface area contributed by atoms with Crippen LogP contribution in [0.3, 0.4) is 0 Å². The number of aliphatic imine (C=N–C) groups is 1. The van der Waals surface area contributed by atoms with Gasteiger partial charge >= 0.3 is 0 Å². The smallest absolute Gasteiger partial charge is 0.237 e. The fraction of sp³-hybridized carbons (Fsp3) is 0.360. The van der Waals surface area contributed by atoms with Crippen molar-refractivity contribution in [1.82, 2.24) is 24.3 Å². The second-order valence-electron chi connectivity index (χ2n) is 9.17. The third-order valence-electron chi connectivity index (χ3n) is 6.93. The van der Waals surface area contributed by atoms with Crippen LogP contribution in [-0.2, 0) is 27.4 Å². The van der Waals surface area contributed by atoms with E-state index >= 15 is 0 Å². The first kappa shape index (κ1) is 22.1. The fourth-order valence-electron chi connectivity index (χ4n) is 4.97. The van der Waals surface area contributed by atoms with Crippen molar-refractivity contribution < 1.29 is 14.2 Å². The van der Waals surface area contributed by atoms with Crippen molar-refractivity contribution in [1.29, 1.82) is 0 Å². The molecule has 1 aliphatic carbocycles. The molecule has 35 heavy (non-hydrogen) atoms. The van der Waals surface area contributed by atoms with E-state index in [1.54, 1.807) is 20.5 Å². The molecule has 0 radical (unpaired) electrons. The number of nitrogens with zero attached hydrogens (tertiary/aromatic N) is 6. The molecule has 1 aromatic carbocycles. The normalized spacial score (nSPS) is 22.5. The summed E-state index contributed by atoms with van der Waals surface area (Å²) in [5.74, 6) is 2.94. The summed E-state index contributed by atoms with van der Waals surface area (Å²) < 4.78 is 21.1. The van der Waals surface area contributed by atoms with Crippen LogP contribution in [0.15, 0.2) is 53.5 Å². The highest BCUT2D eigenvalue weighted by Crippen LogP contribution is 2.40. The van der Waals surface area contributed by atoms with Gasteiger partial charge in [0.1, 0.15) is 25.2 Å². The first-order chi connectivity index (χ1) is 17.0. The Morgan fingerprint density at radius 2 is 2.14 bits per heavy atom. The molecule has 2 aliphatic heterocycles. The van der Waals surface area contributed by atoms with Crippen molar-refractivity contribution in [3.8, 4) is 17.1 Å². The summed E-state index contributed by atoms with van der Waals surface area (Å²) in [5.41, 5.74) is 3.25. The number of benzene rings is 1. The van der Waals surface area contributed by atoms with Crippen molar-refractivity contribution in [3.63, 3.8) is 0 Å². The molecule has 0 fully saturated rings. The molecule has 0 amide bonds. The van der Waals surface area contributed by atoms with Gasteiger partial charge in [0.15, 0.2) is 11.6 Å². The van der Waals surface area contributed by atoms with Crippen molar-refractivity contribution in [2.45, 2.75) is 32.5 Å². The van der Waals surface area contributed by atoms with E-state index in [1.807, 2.05) is 34.9 Å². The van der Waals surface area contributed by atoms with E-state index in [1.165, 1.54) is 0 Å². The van der Waals surface area contributed by atoms with E-state index in [0.29, 0.717) is 36.4 Å². The third-order valence-corrected chi connectivity index (χ3v) is 7.16. The molecule has 3 aliphatic rings. The molecule has 2 atom stereocenters. The lowest BCUT2D eigenvalue weighted by Gasteiger charge is -2.32. The summed E-state index contributed by atoms with van der Waals surface area (Å²) in [4.78, 5) is 9.75. The molecular formula is C25H25ClN6O3. The van der Waals surface area contributed by atoms with Crippen LogP contribution in [0, 0.1) is 5.41 Å². The number of allylic oxidation sites excluding steroid dienone is 3. The first-order valence-corrected chi connectivity index (χ1v) is 11.8. The van der Waals surface area contributed by atoms with Crippen LogP contribution in [0.1, 0.15) is 30.6 Å². The standard InChI is InChI=1S/C25H25ClN6O3/c1-25(8-4-5-16(10-25)34-3)20-12-35-24(28-20)22-19-11-31-21(13-33-2)29-30-23(31)17-9-15(26)6-7-18(17)32(19)14-27-22/h4-9,14,20H,10-13H2,1-3H3/t20-,25?/m1/s1. The Bertz CT molecular complexity index is 1400. The van der Waals surface area contributed by atoms with Gasteiger partial charge in [0.25, 0.3) is 0 Å². The number of fused-ring (bicyclic) bond motifs is 5. The maximum absolute atomic E-state index is 6.36. The Balaban J connectivity index is 1.43. The van der Waals surface area contributed by atoms with Crippen LogP contribution in [0.2, 0.25) is 5.02 Å². The number of halogens is 1. The molecule has 1 unspecified atom stereocenters.